The van der Waals surface area contributed by atoms with E-state index in [-0.39, 0.29) is 10.8 Å². The van der Waals surface area contributed by atoms with Crippen LogP contribution in [0.25, 0.3) is 0 Å². The highest BCUT2D eigenvalue weighted by atomic mass is 32.2. The summed E-state index contributed by atoms with van der Waals surface area (Å²) in [5.74, 6) is 1.61. The average Bonchev–Trinajstić information content (AvgIpc) is 2.48. The molecule has 2 aromatic carbocycles. The maximum atomic E-state index is 12.1. The first kappa shape index (κ1) is 16.9. The van der Waals surface area contributed by atoms with Crippen molar-refractivity contribution in [1.82, 2.24) is 4.72 Å². The molecule has 4 heteroatoms. The van der Waals surface area contributed by atoms with Crippen LogP contribution < -0.4 is 9.46 Å². The average molecular weight is 317 g/mol. The Kier molecular flexibility index (Phi) is 5.51. The molecule has 1 N–H and O–H groups in total. The van der Waals surface area contributed by atoms with E-state index in [1.807, 2.05) is 82.3 Å². The van der Waals surface area contributed by atoms with Crippen LogP contribution in [0, 0.1) is 0 Å². The molecule has 3 nitrogen and oxygen atoms in total. The maximum absolute atomic E-state index is 12.1. The highest BCUT2D eigenvalue weighted by Crippen LogP contribution is 2.24. The molecule has 0 aromatic heterocycles. The molecule has 0 amide bonds. The largest absolute Gasteiger partial charge is 0.598 e. The van der Waals surface area contributed by atoms with Gasteiger partial charge in [-0.15, -0.1) is 4.72 Å². The Morgan fingerprint density at radius 2 is 1.50 bits per heavy atom. The maximum Gasteiger partial charge on any atom is 0.136 e. The van der Waals surface area contributed by atoms with Crippen LogP contribution in [0.2, 0.25) is 0 Å². The summed E-state index contributed by atoms with van der Waals surface area (Å²) >= 11 is -1.09. The molecule has 0 unspecified atom stereocenters. The fourth-order valence-electron chi connectivity index (χ4n) is 1.85. The topological polar surface area (TPSA) is 44.3 Å². The summed E-state index contributed by atoms with van der Waals surface area (Å²) < 4.78 is 20.8. The van der Waals surface area contributed by atoms with Crippen LogP contribution in [-0.4, -0.2) is 9.30 Å². The lowest BCUT2D eigenvalue weighted by Crippen LogP contribution is -2.40. The highest BCUT2D eigenvalue weighted by molar-refractivity contribution is 7.90. The third kappa shape index (κ3) is 4.77. The second kappa shape index (κ2) is 7.18. The van der Waals surface area contributed by atoms with Crippen molar-refractivity contribution in [3.8, 4) is 11.5 Å². The van der Waals surface area contributed by atoms with E-state index >= 15 is 0 Å². The molecule has 0 aliphatic rings. The lowest BCUT2D eigenvalue weighted by molar-refractivity contribution is 0.482. The van der Waals surface area contributed by atoms with Gasteiger partial charge < -0.3 is 9.29 Å². The van der Waals surface area contributed by atoms with Gasteiger partial charge in [0.2, 0.25) is 0 Å². The quantitative estimate of drug-likeness (QED) is 0.820. The van der Waals surface area contributed by atoms with Crippen molar-refractivity contribution < 1.29 is 9.29 Å². The van der Waals surface area contributed by atoms with E-state index in [0.717, 1.165) is 17.1 Å². The van der Waals surface area contributed by atoms with Crippen molar-refractivity contribution in [3.05, 3.63) is 60.2 Å². The molecule has 2 aromatic rings. The first-order chi connectivity index (χ1) is 10.4. The van der Waals surface area contributed by atoms with Crippen LogP contribution in [-0.2, 0) is 11.4 Å². The Bertz CT molecular complexity index is 578. The molecule has 118 valence electrons. The Morgan fingerprint density at radius 1 is 0.955 bits per heavy atom. The van der Waals surface area contributed by atoms with Crippen LogP contribution in [0.3, 0.4) is 0 Å². The molecule has 2 rings (SSSR count). The molecule has 0 aliphatic carbocycles. The summed E-state index contributed by atoms with van der Waals surface area (Å²) in [5, 5.41) is 0. The summed E-state index contributed by atoms with van der Waals surface area (Å²) in [4.78, 5) is 0. The van der Waals surface area contributed by atoms with Gasteiger partial charge in [-0.05, 0) is 57.5 Å². The second-order valence-corrected chi connectivity index (χ2v) is 8.20. The molecule has 0 heterocycles. The first-order valence-electron chi connectivity index (χ1n) is 7.37. The van der Waals surface area contributed by atoms with E-state index in [0.29, 0.717) is 0 Å². The van der Waals surface area contributed by atoms with Crippen LogP contribution in [0.5, 0.6) is 11.5 Å². The Balaban J connectivity index is 1.99. The fraction of sp³-hybridized carbons (Fsp3) is 0.333. The third-order valence-corrected chi connectivity index (χ3v) is 4.88. The van der Waals surface area contributed by atoms with Crippen LogP contribution in [0.15, 0.2) is 54.6 Å². The molecule has 2 atom stereocenters. The molecule has 0 spiro atoms. The van der Waals surface area contributed by atoms with E-state index < -0.39 is 11.4 Å². The van der Waals surface area contributed by atoms with Crippen molar-refractivity contribution >= 4 is 11.4 Å². The highest BCUT2D eigenvalue weighted by Gasteiger charge is 2.28. The summed E-state index contributed by atoms with van der Waals surface area (Å²) in [6.45, 7) is 7.88. The van der Waals surface area contributed by atoms with Gasteiger partial charge in [-0.2, -0.15) is 0 Å². The molecule has 0 saturated carbocycles. The number of nitrogens with one attached hydrogen (secondary N) is 1. The van der Waals surface area contributed by atoms with Gasteiger partial charge in [0, 0.05) is 11.4 Å². The summed E-state index contributed by atoms with van der Waals surface area (Å²) in [5.41, 5.74) is 1.08. The van der Waals surface area contributed by atoms with Gasteiger partial charge >= 0.3 is 0 Å². The summed E-state index contributed by atoms with van der Waals surface area (Å²) in [7, 11) is 0. The smallest absolute Gasteiger partial charge is 0.136 e. The number of para-hydroxylation sites is 1. The van der Waals surface area contributed by atoms with Crippen molar-refractivity contribution in [2.45, 2.75) is 38.5 Å². The predicted molar refractivity (Wildman–Crippen MR) is 92.4 cm³/mol. The predicted octanol–water partition coefficient (Wildman–Crippen LogP) is 4.59. The van der Waals surface area contributed by atoms with Gasteiger partial charge in [-0.3, -0.25) is 0 Å². The van der Waals surface area contributed by atoms with Crippen molar-refractivity contribution in [2.75, 3.05) is 0 Å². The van der Waals surface area contributed by atoms with Crippen LogP contribution >= 0.6 is 0 Å². The normalized spacial score (nSPS) is 14.4. The zero-order chi connectivity index (χ0) is 16.2. The van der Waals surface area contributed by atoms with Crippen molar-refractivity contribution in [3.63, 3.8) is 0 Å². The van der Waals surface area contributed by atoms with Crippen LogP contribution in [0.1, 0.15) is 39.3 Å². The van der Waals surface area contributed by atoms with E-state index in [9.17, 15) is 4.55 Å². The lowest BCUT2D eigenvalue weighted by atomic mass is 10.1. The molecule has 0 saturated heterocycles. The molecule has 0 aliphatic heterocycles. The molecular weight excluding hydrogens is 294 g/mol. The summed E-state index contributed by atoms with van der Waals surface area (Å²) in [6, 6.07) is 17.6. The SMILES string of the molecule is C[C@@H](N[S@+]([O-])C(C)(C)C)c1ccc(Oc2ccccc2)cc1. The third-order valence-electron chi connectivity index (χ3n) is 3.20. The first-order valence-corrected chi connectivity index (χ1v) is 8.52. The van der Waals surface area contributed by atoms with Crippen LogP contribution in [0.4, 0.5) is 0 Å². The van der Waals surface area contributed by atoms with Crippen molar-refractivity contribution in [1.29, 1.82) is 0 Å². The Hall–Kier alpha value is -1.49. The number of ether oxygens (including phenoxy) is 1. The number of benzene rings is 2. The van der Waals surface area contributed by atoms with Gasteiger partial charge in [-0.1, -0.05) is 30.3 Å². The molecule has 0 fully saturated rings. The molecule has 0 radical (unpaired) electrons. The zero-order valence-corrected chi connectivity index (χ0v) is 14.3. The fourth-order valence-corrected chi connectivity index (χ4v) is 2.67. The van der Waals surface area contributed by atoms with Gasteiger partial charge in [0.1, 0.15) is 16.2 Å². The summed E-state index contributed by atoms with van der Waals surface area (Å²) in [6.07, 6.45) is 0. The lowest BCUT2D eigenvalue weighted by Gasteiger charge is -2.26. The monoisotopic (exact) mass is 317 g/mol. The second-order valence-electron chi connectivity index (χ2n) is 6.20. The van der Waals surface area contributed by atoms with Gasteiger partial charge in [0.05, 0.1) is 6.04 Å². The van der Waals surface area contributed by atoms with E-state index in [1.54, 1.807) is 0 Å². The molecular formula is C18H23NO2S. The Morgan fingerprint density at radius 3 is 2.05 bits per heavy atom. The standard InChI is InChI=1S/C18H23NO2S/c1-14(19-22(20)18(2,3)4)15-10-12-17(13-11-15)21-16-8-6-5-7-9-16/h5-14,19H,1-4H3/t14-,22-/m1/s1. The van der Waals surface area contributed by atoms with E-state index in [2.05, 4.69) is 4.72 Å². The number of hydrogen-bond donors (Lipinski definition) is 1. The van der Waals surface area contributed by atoms with Crippen molar-refractivity contribution in [2.24, 2.45) is 0 Å². The Labute approximate surface area is 136 Å². The molecule has 0 bridgehead atoms. The van der Waals surface area contributed by atoms with Gasteiger partial charge in [0.25, 0.3) is 0 Å². The van der Waals surface area contributed by atoms with E-state index in [4.69, 9.17) is 4.74 Å². The minimum absolute atomic E-state index is 0.0193. The van der Waals surface area contributed by atoms with Gasteiger partial charge in [-0.25, -0.2) is 0 Å². The number of hydrogen-bond acceptors (Lipinski definition) is 3. The molecule has 22 heavy (non-hydrogen) atoms. The van der Waals surface area contributed by atoms with Gasteiger partial charge in [0.15, 0.2) is 0 Å². The minimum Gasteiger partial charge on any atom is -0.598 e. The number of rotatable bonds is 5. The zero-order valence-electron chi connectivity index (χ0n) is 13.5. The minimum atomic E-state index is -1.09. The van der Waals surface area contributed by atoms with E-state index in [1.165, 1.54) is 0 Å².